The summed E-state index contributed by atoms with van der Waals surface area (Å²) < 4.78 is 0. The first-order valence-corrected chi connectivity index (χ1v) is 6.32. The highest BCUT2D eigenvalue weighted by molar-refractivity contribution is 5.76. The molecule has 3 rings (SSSR count). The third-order valence-electron chi connectivity index (χ3n) is 4.18. The van der Waals surface area contributed by atoms with Crippen molar-refractivity contribution in [1.29, 1.82) is 0 Å². The fraction of sp³-hybridized carbons (Fsp3) is 0.923. The number of hydrogen-bond acceptors (Lipinski definition) is 1. The highest BCUT2D eigenvalue weighted by Crippen LogP contribution is 2.56. The highest BCUT2D eigenvalue weighted by atomic mass is 16.2. The molecule has 2 bridgehead atoms. The van der Waals surface area contributed by atoms with Crippen LogP contribution in [-0.4, -0.2) is 29.1 Å². The molecular formula is C13H24N2O. The van der Waals surface area contributed by atoms with Crippen molar-refractivity contribution in [2.24, 2.45) is 11.3 Å². The number of fused-ring (bicyclic) bond motifs is 1. The van der Waals surface area contributed by atoms with Crippen molar-refractivity contribution in [1.82, 2.24) is 10.2 Å². The quantitative estimate of drug-likeness (QED) is 0.729. The van der Waals surface area contributed by atoms with E-state index in [1.54, 1.807) is 0 Å². The van der Waals surface area contributed by atoms with Crippen molar-refractivity contribution < 1.29 is 4.79 Å². The molecule has 3 nitrogen and oxygen atoms in total. The van der Waals surface area contributed by atoms with E-state index in [-0.39, 0.29) is 11.6 Å². The number of amides is 2. The van der Waals surface area contributed by atoms with Crippen LogP contribution in [0.15, 0.2) is 0 Å². The maximum atomic E-state index is 12.1. The molecule has 2 aliphatic heterocycles. The lowest BCUT2D eigenvalue weighted by atomic mass is 9.63. The van der Waals surface area contributed by atoms with Gasteiger partial charge in [-0.1, -0.05) is 13.8 Å². The first-order chi connectivity index (χ1) is 7.23. The largest absolute Gasteiger partial charge is 0.333 e. The first kappa shape index (κ1) is 11.7. The molecule has 0 radical (unpaired) electrons. The Morgan fingerprint density at radius 1 is 1.38 bits per heavy atom. The van der Waals surface area contributed by atoms with Gasteiger partial charge < -0.3 is 10.2 Å². The van der Waals surface area contributed by atoms with Gasteiger partial charge in [0.25, 0.3) is 0 Å². The van der Waals surface area contributed by atoms with Crippen LogP contribution in [0.4, 0.5) is 4.79 Å². The summed E-state index contributed by atoms with van der Waals surface area (Å²) in [7, 11) is 0. The maximum absolute atomic E-state index is 12.1. The van der Waals surface area contributed by atoms with Crippen LogP contribution in [0.25, 0.3) is 0 Å². The van der Waals surface area contributed by atoms with E-state index in [1.807, 2.05) is 25.7 Å². The number of carbonyl (C=O) groups is 1. The lowest BCUT2D eigenvalue weighted by molar-refractivity contribution is 0.119. The van der Waals surface area contributed by atoms with Gasteiger partial charge in [0.05, 0.1) is 0 Å². The van der Waals surface area contributed by atoms with Gasteiger partial charge in [0.1, 0.15) is 0 Å². The van der Waals surface area contributed by atoms with Gasteiger partial charge in [0, 0.05) is 18.1 Å². The number of hydrogen-bond donors (Lipinski definition) is 1. The van der Waals surface area contributed by atoms with Crippen molar-refractivity contribution in [3.05, 3.63) is 0 Å². The number of carbonyl (C=O) groups excluding carboxylic acids is 1. The van der Waals surface area contributed by atoms with E-state index in [2.05, 4.69) is 19.2 Å². The highest BCUT2D eigenvalue weighted by Gasteiger charge is 2.57. The molecule has 2 saturated heterocycles. The van der Waals surface area contributed by atoms with Crippen LogP contribution in [0.3, 0.4) is 0 Å². The second-order valence-corrected chi connectivity index (χ2v) is 6.89. The number of nitrogens with zero attached hydrogens (tertiary/aromatic N) is 1. The third kappa shape index (κ3) is 1.80. The molecule has 0 aromatic rings. The van der Waals surface area contributed by atoms with Gasteiger partial charge in [0.2, 0.25) is 0 Å². The van der Waals surface area contributed by atoms with Crippen molar-refractivity contribution in [3.63, 3.8) is 0 Å². The molecule has 16 heavy (non-hydrogen) atoms. The monoisotopic (exact) mass is 224 g/mol. The summed E-state index contributed by atoms with van der Waals surface area (Å²) in [6.07, 6.45) is 2.42. The molecule has 2 heterocycles. The summed E-state index contributed by atoms with van der Waals surface area (Å²) in [4.78, 5) is 14.1. The minimum absolute atomic E-state index is 0.123. The predicted octanol–water partition coefficient (Wildman–Crippen LogP) is 2.61. The Morgan fingerprint density at radius 2 is 1.94 bits per heavy atom. The summed E-state index contributed by atoms with van der Waals surface area (Å²) in [5, 5.41) is 3.06. The van der Waals surface area contributed by atoms with Gasteiger partial charge >= 0.3 is 6.03 Å². The molecule has 0 aromatic heterocycles. The minimum Gasteiger partial charge on any atom is -0.333 e. The lowest BCUT2D eigenvalue weighted by Gasteiger charge is -2.40. The fourth-order valence-electron chi connectivity index (χ4n) is 2.98. The second-order valence-electron chi connectivity index (χ2n) is 6.89. The minimum atomic E-state index is -0.130. The Morgan fingerprint density at radius 3 is 2.31 bits per heavy atom. The van der Waals surface area contributed by atoms with Crippen LogP contribution in [0, 0.1) is 11.3 Å². The van der Waals surface area contributed by atoms with Gasteiger partial charge in [-0.2, -0.15) is 0 Å². The molecule has 1 N–H and O–H groups in total. The number of nitrogens with one attached hydrogen (secondary N) is 1. The molecule has 0 unspecified atom stereocenters. The molecule has 3 heteroatoms. The van der Waals surface area contributed by atoms with Crippen molar-refractivity contribution in [2.75, 3.05) is 6.54 Å². The Kier molecular flexibility index (Phi) is 2.48. The zero-order valence-corrected chi connectivity index (χ0v) is 11.1. The van der Waals surface area contributed by atoms with Crippen molar-refractivity contribution in [2.45, 2.75) is 59.0 Å². The molecule has 0 aromatic carbocycles. The second kappa shape index (κ2) is 3.38. The summed E-state index contributed by atoms with van der Waals surface area (Å²) in [5.41, 5.74) is 0.301. The molecule has 0 atom stereocenters. The predicted molar refractivity (Wildman–Crippen MR) is 65.3 cm³/mol. The smallest absolute Gasteiger partial charge is 0.318 e. The SMILES string of the molecule is CC(C)C12CC(C1)N(C(=O)NC(C)(C)C)C2. The van der Waals surface area contributed by atoms with Gasteiger partial charge in [-0.15, -0.1) is 0 Å². The molecule has 1 aliphatic carbocycles. The van der Waals surface area contributed by atoms with Crippen LogP contribution in [-0.2, 0) is 0 Å². The molecule has 3 fully saturated rings. The maximum Gasteiger partial charge on any atom is 0.318 e. The molecule has 3 aliphatic rings. The van der Waals surface area contributed by atoms with E-state index in [4.69, 9.17) is 0 Å². The topological polar surface area (TPSA) is 32.3 Å². The third-order valence-corrected chi connectivity index (χ3v) is 4.18. The Bertz CT molecular complexity index is 298. The van der Waals surface area contributed by atoms with Crippen LogP contribution >= 0.6 is 0 Å². The Labute approximate surface area is 98.6 Å². The van der Waals surface area contributed by atoms with E-state index in [0.717, 1.165) is 6.54 Å². The van der Waals surface area contributed by atoms with Crippen LogP contribution in [0.1, 0.15) is 47.5 Å². The summed E-state index contributed by atoms with van der Waals surface area (Å²) in [6.45, 7) is 11.6. The number of rotatable bonds is 1. The summed E-state index contributed by atoms with van der Waals surface area (Å²) in [6, 6.07) is 0.627. The molecule has 0 spiro atoms. The van der Waals surface area contributed by atoms with E-state index < -0.39 is 0 Å². The van der Waals surface area contributed by atoms with E-state index in [1.165, 1.54) is 12.8 Å². The van der Waals surface area contributed by atoms with Crippen LogP contribution < -0.4 is 5.32 Å². The van der Waals surface area contributed by atoms with E-state index in [0.29, 0.717) is 17.4 Å². The molecule has 1 saturated carbocycles. The average molecular weight is 224 g/mol. The van der Waals surface area contributed by atoms with Gasteiger partial charge in [-0.25, -0.2) is 4.79 Å². The van der Waals surface area contributed by atoms with Crippen LogP contribution in [0.2, 0.25) is 0 Å². The zero-order chi connectivity index (χ0) is 12.1. The van der Waals surface area contributed by atoms with Crippen molar-refractivity contribution in [3.8, 4) is 0 Å². The lowest BCUT2D eigenvalue weighted by Crippen LogP contribution is -2.49. The molecule has 2 amide bonds. The fourth-order valence-corrected chi connectivity index (χ4v) is 2.98. The Balaban J connectivity index is 1.98. The van der Waals surface area contributed by atoms with Crippen molar-refractivity contribution >= 4 is 6.03 Å². The van der Waals surface area contributed by atoms with E-state index in [9.17, 15) is 4.79 Å². The standard InChI is InChI=1S/C13H24N2O/c1-9(2)13-6-10(7-13)15(8-13)11(16)14-12(3,4)5/h9-10H,6-8H2,1-5H3,(H,14,16). The molecular weight excluding hydrogens is 200 g/mol. The number of urea groups is 1. The normalized spacial score (nSPS) is 32.9. The Hall–Kier alpha value is -0.730. The average Bonchev–Trinajstić information content (AvgIpc) is 2.51. The summed E-state index contributed by atoms with van der Waals surface area (Å²) in [5.74, 6) is 0.691. The van der Waals surface area contributed by atoms with Gasteiger partial charge in [0.15, 0.2) is 0 Å². The van der Waals surface area contributed by atoms with Gasteiger partial charge in [-0.3, -0.25) is 0 Å². The van der Waals surface area contributed by atoms with Gasteiger partial charge in [-0.05, 0) is 44.9 Å². The van der Waals surface area contributed by atoms with E-state index >= 15 is 0 Å². The summed E-state index contributed by atoms with van der Waals surface area (Å²) >= 11 is 0. The van der Waals surface area contributed by atoms with Crippen LogP contribution in [0.5, 0.6) is 0 Å². The zero-order valence-electron chi connectivity index (χ0n) is 11.1. The first-order valence-electron chi connectivity index (χ1n) is 6.32. The molecule has 92 valence electrons.